The van der Waals surface area contributed by atoms with Crippen LogP contribution < -0.4 is 4.74 Å². The second kappa shape index (κ2) is 8.83. The summed E-state index contributed by atoms with van der Waals surface area (Å²) in [6, 6.07) is 9.72. The number of hydrogen-bond acceptors (Lipinski definition) is 4. The molecule has 156 valence electrons. The van der Waals surface area contributed by atoms with Gasteiger partial charge in [0.1, 0.15) is 5.75 Å². The van der Waals surface area contributed by atoms with E-state index in [-0.39, 0.29) is 52.4 Å². The molecule has 0 saturated carbocycles. The van der Waals surface area contributed by atoms with E-state index in [1.165, 1.54) is 51.7 Å². The largest absolute Gasteiger partial charge is 0.434 e. The molecule has 0 aliphatic carbocycles. The van der Waals surface area contributed by atoms with Gasteiger partial charge in [-0.3, -0.25) is 4.79 Å². The highest BCUT2D eigenvalue weighted by atomic mass is 35.5. The maximum Gasteiger partial charge on any atom is 0.387 e. The van der Waals surface area contributed by atoms with Gasteiger partial charge in [0.2, 0.25) is 10.0 Å². The van der Waals surface area contributed by atoms with E-state index in [1.807, 2.05) is 0 Å². The lowest BCUT2D eigenvalue weighted by Crippen LogP contribution is -2.50. The Kier molecular flexibility index (Phi) is 6.62. The topological polar surface area (TPSA) is 66.9 Å². The Morgan fingerprint density at radius 1 is 1.00 bits per heavy atom. The molecule has 0 radical (unpaired) electrons. The highest BCUT2D eigenvalue weighted by Crippen LogP contribution is 2.28. The van der Waals surface area contributed by atoms with Crippen molar-refractivity contribution in [3.63, 3.8) is 0 Å². The highest BCUT2D eigenvalue weighted by molar-refractivity contribution is 7.89. The summed E-state index contributed by atoms with van der Waals surface area (Å²) < 4.78 is 56.3. The zero-order chi connectivity index (χ0) is 21.2. The average Bonchev–Trinajstić information content (AvgIpc) is 2.69. The third-order valence-corrected chi connectivity index (χ3v) is 7.02. The quantitative estimate of drug-likeness (QED) is 0.675. The van der Waals surface area contributed by atoms with E-state index >= 15 is 0 Å². The third kappa shape index (κ3) is 4.80. The number of rotatable bonds is 5. The van der Waals surface area contributed by atoms with Crippen LogP contribution in [0.25, 0.3) is 0 Å². The van der Waals surface area contributed by atoms with E-state index in [1.54, 1.807) is 0 Å². The Morgan fingerprint density at radius 3 is 2.28 bits per heavy atom. The van der Waals surface area contributed by atoms with Crippen LogP contribution in [0.2, 0.25) is 10.0 Å². The van der Waals surface area contributed by atoms with Crippen molar-refractivity contribution in [1.82, 2.24) is 9.21 Å². The van der Waals surface area contributed by atoms with Crippen molar-refractivity contribution >= 4 is 39.1 Å². The summed E-state index contributed by atoms with van der Waals surface area (Å²) in [7, 11) is -3.81. The lowest BCUT2D eigenvalue weighted by molar-refractivity contribution is -0.0503. The lowest BCUT2D eigenvalue weighted by atomic mass is 10.1. The monoisotopic (exact) mass is 464 g/mol. The van der Waals surface area contributed by atoms with Gasteiger partial charge in [0, 0.05) is 26.2 Å². The molecular weight excluding hydrogens is 449 g/mol. The minimum absolute atomic E-state index is 0.00218. The van der Waals surface area contributed by atoms with Gasteiger partial charge in [-0.2, -0.15) is 13.1 Å². The molecule has 1 aliphatic rings. The SMILES string of the molecule is O=C(c1ccccc1OC(F)F)N1CCN(S(=O)(=O)c2ccc(Cl)c(Cl)c2)CC1. The molecule has 0 N–H and O–H groups in total. The van der Waals surface area contributed by atoms with Gasteiger partial charge in [0.25, 0.3) is 5.91 Å². The summed E-state index contributed by atoms with van der Waals surface area (Å²) in [6.07, 6.45) is 0. The van der Waals surface area contributed by atoms with Gasteiger partial charge >= 0.3 is 6.61 Å². The zero-order valence-corrected chi connectivity index (χ0v) is 17.2. The molecule has 11 heteroatoms. The van der Waals surface area contributed by atoms with E-state index in [2.05, 4.69) is 4.74 Å². The number of carbonyl (C=O) groups is 1. The molecule has 1 saturated heterocycles. The van der Waals surface area contributed by atoms with Gasteiger partial charge in [-0.15, -0.1) is 0 Å². The summed E-state index contributed by atoms with van der Waals surface area (Å²) in [6.45, 7) is -2.76. The van der Waals surface area contributed by atoms with Crippen molar-refractivity contribution < 1.29 is 26.7 Å². The molecule has 6 nitrogen and oxygen atoms in total. The minimum Gasteiger partial charge on any atom is -0.434 e. The second-order valence-electron chi connectivity index (χ2n) is 6.15. The van der Waals surface area contributed by atoms with Crippen molar-refractivity contribution in [1.29, 1.82) is 0 Å². The van der Waals surface area contributed by atoms with Crippen molar-refractivity contribution in [2.75, 3.05) is 26.2 Å². The Morgan fingerprint density at radius 2 is 1.66 bits per heavy atom. The number of ether oxygens (including phenoxy) is 1. The van der Waals surface area contributed by atoms with Crippen molar-refractivity contribution in [3.05, 3.63) is 58.1 Å². The molecule has 0 atom stereocenters. The number of amides is 1. The van der Waals surface area contributed by atoms with Gasteiger partial charge in [0.05, 0.1) is 20.5 Å². The first-order valence-corrected chi connectivity index (χ1v) is 10.7. The van der Waals surface area contributed by atoms with Crippen LogP contribution in [-0.2, 0) is 10.0 Å². The molecule has 1 amide bonds. The van der Waals surface area contributed by atoms with Crippen LogP contribution in [0.15, 0.2) is 47.4 Å². The number of sulfonamides is 1. The minimum atomic E-state index is -3.81. The fourth-order valence-corrected chi connectivity index (χ4v) is 4.74. The average molecular weight is 465 g/mol. The number of carbonyl (C=O) groups excluding carboxylic acids is 1. The summed E-state index contributed by atoms with van der Waals surface area (Å²) in [4.78, 5) is 14.1. The van der Waals surface area contributed by atoms with Gasteiger partial charge in [-0.25, -0.2) is 8.42 Å². The number of alkyl halides is 2. The molecule has 29 heavy (non-hydrogen) atoms. The second-order valence-corrected chi connectivity index (χ2v) is 8.90. The smallest absolute Gasteiger partial charge is 0.387 e. The summed E-state index contributed by atoms with van der Waals surface area (Å²) >= 11 is 11.7. The summed E-state index contributed by atoms with van der Waals surface area (Å²) in [5, 5.41) is 0.364. The first-order chi connectivity index (χ1) is 13.7. The molecule has 0 bridgehead atoms. The van der Waals surface area contributed by atoms with E-state index < -0.39 is 22.5 Å². The lowest BCUT2D eigenvalue weighted by Gasteiger charge is -2.34. The van der Waals surface area contributed by atoms with E-state index in [4.69, 9.17) is 23.2 Å². The molecule has 2 aromatic rings. The van der Waals surface area contributed by atoms with E-state index in [0.29, 0.717) is 0 Å². The van der Waals surface area contributed by atoms with E-state index in [0.717, 1.165) is 0 Å². The highest BCUT2D eigenvalue weighted by Gasteiger charge is 2.31. The maximum absolute atomic E-state index is 12.8. The van der Waals surface area contributed by atoms with Crippen LogP contribution in [-0.4, -0.2) is 56.3 Å². The number of hydrogen-bond donors (Lipinski definition) is 0. The number of para-hydroxylation sites is 1. The van der Waals surface area contributed by atoms with E-state index in [9.17, 15) is 22.0 Å². The number of nitrogens with zero attached hydrogens (tertiary/aromatic N) is 2. The summed E-state index contributed by atoms with van der Waals surface area (Å²) in [5.41, 5.74) is -0.00593. The van der Waals surface area contributed by atoms with Gasteiger partial charge in [-0.05, 0) is 30.3 Å². The summed E-state index contributed by atoms with van der Waals surface area (Å²) in [5.74, 6) is -0.730. The molecule has 1 aliphatic heterocycles. The number of halogens is 4. The van der Waals surface area contributed by atoms with Gasteiger partial charge in [0.15, 0.2) is 0 Å². The predicted molar refractivity (Wildman–Crippen MR) is 104 cm³/mol. The maximum atomic E-state index is 12.8. The third-order valence-electron chi connectivity index (χ3n) is 4.39. The molecule has 1 heterocycles. The first-order valence-electron chi connectivity index (χ1n) is 8.48. The molecular formula is C18H16Cl2F2N2O4S. The van der Waals surface area contributed by atoms with Crippen LogP contribution >= 0.6 is 23.2 Å². The van der Waals surface area contributed by atoms with Crippen LogP contribution in [0.5, 0.6) is 5.75 Å². The molecule has 0 unspecified atom stereocenters. The number of benzene rings is 2. The Labute approximate surface area is 176 Å². The Bertz CT molecular complexity index is 1010. The Balaban J connectivity index is 1.72. The molecule has 2 aromatic carbocycles. The van der Waals surface area contributed by atoms with Crippen LogP contribution in [0.4, 0.5) is 8.78 Å². The molecule has 0 aromatic heterocycles. The van der Waals surface area contributed by atoms with Crippen LogP contribution in [0.3, 0.4) is 0 Å². The molecule has 0 spiro atoms. The fourth-order valence-electron chi connectivity index (χ4n) is 2.93. The molecule has 1 fully saturated rings. The van der Waals surface area contributed by atoms with Crippen LogP contribution in [0, 0.1) is 0 Å². The normalized spacial score (nSPS) is 15.6. The number of piperazine rings is 1. The fraction of sp³-hybridized carbons (Fsp3) is 0.278. The van der Waals surface area contributed by atoms with Crippen LogP contribution in [0.1, 0.15) is 10.4 Å². The van der Waals surface area contributed by atoms with Gasteiger partial charge < -0.3 is 9.64 Å². The molecule has 3 rings (SSSR count). The van der Waals surface area contributed by atoms with Crippen molar-refractivity contribution in [2.24, 2.45) is 0 Å². The Hall–Kier alpha value is -1.94. The van der Waals surface area contributed by atoms with Crippen molar-refractivity contribution in [3.8, 4) is 5.75 Å². The first kappa shape index (κ1) is 21.8. The van der Waals surface area contributed by atoms with Gasteiger partial charge in [-0.1, -0.05) is 35.3 Å². The zero-order valence-electron chi connectivity index (χ0n) is 14.9. The predicted octanol–water partition coefficient (Wildman–Crippen LogP) is 3.74. The standard InChI is InChI=1S/C18H16Cl2F2N2O4S/c19-14-6-5-12(11-15(14)20)29(26,27)24-9-7-23(8-10-24)17(25)13-3-1-2-4-16(13)28-18(21)22/h1-6,11,18H,7-10H2. The van der Waals surface area contributed by atoms with Crippen molar-refractivity contribution in [2.45, 2.75) is 11.5 Å².